The number of amides is 1. The third-order valence-corrected chi connectivity index (χ3v) is 6.82. The van der Waals surface area contributed by atoms with E-state index in [2.05, 4.69) is 10.3 Å². The van der Waals surface area contributed by atoms with E-state index in [-0.39, 0.29) is 28.0 Å². The van der Waals surface area contributed by atoms with E-state index in [9.17, 15) is 18.8 Å². The predicted octanol–water partition coefficient (Wildman–Crippen LogP) is 4.30. The molecule has 1 heterocycles. The highest BCUT2D eigenvalue weighted by molar-refractivity contribution is 6.02. The maximum absolute atomic E-state index is 13.4. The summed E-state index contributed by atoms with van der Waals surface area (Å²) in [5.74, 6) is -0.812. The molecule has 31 heavy (non-hydrogen) atoms. The molecule has 1 fully saturated rings. The first kappa shape index (κ1) is 21.5. The van der Waals surface area contributed by atoms with Crippen molar-refractivity contribution >= 4 is 11.7 Å². The van der Waals surface area contributed by atoms with Gasteiger partial charge in [-0.1, -0.05) is 45.2 Å². The molecule has 2 aromatic rings. The minimum atomic E-state index is -0.478. The highest BCUT2D eigenvalue weighted by atomic mass is 19.1. The van der Waals surface area contributed by atoms with Crippen LogP contribution in [0.3, 0.4) is 0 Å². The van der Waals surface area contributed by atoms with Gasteiger partial charge >= 0.3 is 0 Å². The number of nitrogens with one attached hydrogen (secondary N) is 2. The summed E-state index contributed by atoms with van der Waals surface area (Å²) in [7, 11) is 0. The zero-order valence-electron chi connectivity index (χ0n) is 18.1. The first-order valence-electron chi connectivity index (χ1n) is 11.0. The molecule has 0 bridgehead atoms. The maximum Gasteiger partial charge on any atom is 0.261 e. The lowest BCUT2D eigenvalue weighted by Crippen LogP contribution is -2.43. The molecule has 4 rings (SSSR count). The van der Waals surface area contributed by atoms with Gasteiger partial charge in [0.15, 0.2) is 5.78 Å². The van der Waals surface area contributed by atoms with Crippen molar-refractivity contribution in [2.75, 3.05) is 6.54 Å². The van der Waals surface area contributed by atoms with Gasteiger partial charge in [0.25, 0.3) is 11.5 Å². The van der Waals surface area contributed by atoms with Gasteiger partial charge in [0.1, 0.15) is 11.4 Å². The SMILES string of the molecule is CC1(C)CC(=O)c2cc(C(=O)NCC3(c4ccc(F)cc4)CCCCC3)c(=O)[nH]c2C1. The van der Waals surface area contributed by atoms with Crippen LogP contribution < -0.4 is 10.9 Å². The molecule has 5 nitrogen and oxygen atoms in total. The number of fused-ring (bicyclic) bond motifs is 1. The smallest absolute Gasteiger partial charge is 0.261 e. The largest absolute Gasteiger partial charge is 0.351 e. The van der Waals surface area contributed by atoms with Crippen molar-refractivity contribution in [2.45, 2.75) is 64.2 Å². The molecule has 0 atom stereocenters. The van der Waals surface area contributed by atoms with E-state index < -0.39 is 11.5 Å². The molecule has 2 N–H and O–H groups in total. The van der Waals surface area contributed by atoms with E-state index in [4.69, 9.17) is 0 Å². The van der Waals surface area contributed by atoms with E-state index in [1.807, 2.05) is 13.8 Å². The lowest BCUT2D eigenvalue weighted by atomic mass is 9.69. The Morgan fingerprint density at radius 1 is 1.06 bits per heavy atom. The summed E-state index contributed by atoms with van der Waals surface area (Å²) in [6, 6.07) is 7.94. The predicted molar refractivity (Wildman–Crippen MR) is 117 cm³/mol. The molecule has 2 aliphatic rings. The van der Waals surface area contributed by atoms with Crippen molar-refractivity contribution in [3.8, 4) is 0 Å². The van der Waals surface area contributed by atoms with Crippen molar-refractivity contribution in [3.05, 3.63) is 68.9 Å². The summed E-state index contributed by atoms with van der Waals surface area (Å²) in [6.07, 6.45) is 5.99. The highest BCUT2D eigenvalue weighted by Gasteiger charge is 2.35. The van der Waals surface area contributed by atoms with Crippen LogP contribution in [0.1, 0.15) is 84.3 Å². The van der Waals surface area contributed by atoms with Crippen LogP contribution in [0.2, 0.25) is 0 Å². The number of benzene rings is 1. The summed E-state index contributed by atoms with van der Waals surface area (Å²) in [4.78, 5) is 40.9. The van der Waals surface area contributed by atoms with Crippen LogP contribution in [-0.2, 0) is 11.8 Å². The molecule has 0 saturated heterocycles. The fraction of sp³-hybridized carbons (Fsp3) is 0.480. The van der Waals surface area contributed by atoms with E-state index in [1.54, 1.807) is 12.1 Å². The van der Waals surface area contributed by atoms with Crippen LogP contribution in [0.5, 0.6) is 0 Å². The number of pyridine rings is 1. The number of hydrogen-bond donors (Lipinski definition) is 2. The van der Waals surface area contributed by atoms with E-state index in [0.717, 1.165) is 37.7 Å². The van der Waals surface area contributed by atoms with Gasteiger partial charge in [0.2, 0.25) is 0 Å². The number of carbonyl (C=O) groups is 2. The van der Waals surface area contributed by atoms with Gasteiger partial charge < -0.3 is 10.3 Å². The molecule has 164 valence electrons. The van der Waals surface area contributed by atoms with Crippen LogP contribution in [0, 0.1) is 11.2 Å². The van der Waals surface area contributed by atoms with Crippen LogP contribution >= 0.6 is 0 Å². The Hall–Kier alpha value is -2.76. The zero-order chi connectivity index (χ0) is 22.2. The highest BCUT2D eigenvalue weighted by Crippen LogP contribution is 2.39. The van der Waals surface area contributed by atoms with E-state index >= 15 is 0 Å². The summed E-state index contributed by atoms with van der Waals surface area (Å²) in [5.41, 5.74) is 1.07. The van der Waals surface area contributed by atoms with E-state index in [1.165, 1.54) is 18.2 Å². The molecule has 1 saturated carbocycles. The van der Waals surface area contributed by atoms with Gasteiger partial charge in [-0.2, -0.15) is 0 Å². The lowest BCUT2D eigenvalue weighted by molar-refractivity contribution is 0.0910. The van der Waals surface area contributed by atoms with Crippen molar-refractivity contribution in [1.82, 2.24) is 10.3 Å². The maximum atomic E-state index is 13.4. The van der Waals surface area contributed by atoms with Gasteiger partial charge in [0.05, 0.1) is 0 Å². The molecule has 0 unspecified atom stereocenters. The van der Waals surface area contributed by atoms with Crippen LogP contribution in [0.25, 0.3) is 0 Å². The van der Waals surface area contributed by atoms with Gasteiger partial charge in [-0.25, -0.2) is 4.39 Å². The second-order valence-electron chi connectivity index (χ2n) is 9.88. The number of H-pyrrole nitrogens is 1. The molecule has 2 aliphatic carbocycles. The third kappa shape index (κ3) is 4.34. The van der Waals surface area contributed by atoms with Gasteiger partial charge in [-0.15, -0.1) is 0 Å². The number of Topliss-reactive ketones (excluding diaryl/α,β-unsaturated/α-hetero) is 1. The Morgan fingerprint density at radius 3 is 2.42 bits per heavy atom. The van der Waals surface area contributed by atoms with Gasteiger partial charge in [-0.3, -0.25) is 14.4 Å². The molecule has 0 spiro atoms. The average molecular weight is 425 g/mol. The molecule has 1 aromatic carbocycles. The standard InChI is InChI=1S/C25H29FN2O3/c1-24(2)13-20-18(21(29)14-24)12-19(23(31)28-20)22(30)27-15-25(10-4-3-5-11-25)16-6-8-17(26)9-7-16/h6-9,12H,3-5,10-11,13-15H2,1-2H3,(H,27,30)(H,28,31). The Bertz CT molecular complexity index is 1060. The number of aromatic nitrogens is 1. The number of hydrogen-bond acceptors (Lipinski definition) is 3. The Morgan fingerprint density at radius 2 is 1.74 bits per heavy atom. The van der Waals surface area contributed by atoms with E-state index in [0.29, 0.717) is 30.6 Å². The minimum absolute atomic E-state index is 0.0307. The Labute approximate surface area is 181 Å². The first-order chi connectivity index (χ1) is 14.7. The number of carbonyl (C=O) groups excluding carboxylic acids is 2. The lowest BCUT2D eigenvalue weighted by Gasteiger charge is -2.38. The monoisotopic (exact) mass is 424 g/mol. The van der Waals surface area contributed by atoms with Crippen LogP contribution in [0.15, 0.2) is 35.1 Å². The van der Waals surface area contributed by atoms with Crippen LogP contribution in [0.4, 0.5) is 4.39 Å². The number of aromatic amines is 1. The molecular formula is C25H29FN2O3. The minimum Gasteiger partial charge on any atom is -0.351 e. The first-order valence-corrected chi connectivity index (χ1v) is 11.0. The Balaban J connectivity index is 1.58. The summed E-state index contributed by atoms with van der Waals surface area (Å²) in [6.45, 7) is 4.35. The zero-order valence-corrected chi connectivity index (χ0v) is 18.1. The normalized spacial score (nSPS) is 19.5. The fourth-order valence-corrected chi connectivity index (χ4v) is 5.14. The van der Waals surface area contributed by atoms with Gasteiger partial charge in [0, 0.05) is 29.6 Å². The number of rotatable bonds is 4. The average Bonchev–Trinajstić information content (AvgIpc) is 2.72. The second-order valence-corrected chi connectivity index (χ2v) is 9.88. The number of ketones is 1. The molecule has 0 aliphatic heterocycles. The summed E-state index contributed by atoms with van der Waals surface area (Å²) >= 11 is 0. The van der Waals surface area contributed by atoms with Crippen molar-refractivity contribution in [2.24, 2.45) is 5.41 Å². The van der Waals surface area contributed by atoms with Crippen molar-refractivity contribution in [3.63, 3.8) is 0 Å². The summed E-state index contributed by atoms with van der Waals surface area (Å²) in [5, 5.41) is 2.94. The quantitative estimate of drug-likeness (QED) is 0.768. The van der Waals surface area contributed by atoms with Crippen molar-refractivity contribution in [1.29, 1.82) is 0 Å². The van der Waals surface area contributed by atoms with Gasteiger partial charge in [-0.05, 0) is 48.4 Å². The molecule has 1 amide bonds. The molecule has 0 radical (unpaired) electrons. The summed E-state index contributed by atoms with van der Waals surface area (Å²) < 4.78 is 13.4. The molecule has 6 heteroatoms. The second kappa shape index (κ2) is 8.06. The molecular weight excluding hydrogens is 395 g/mol. The third-order valence-electron chi connectivity index (χ3n) is 6.82. The van der Waals surface area contributed by atoms with Crippen molar-refractivity contribution < 1.29 is 14.0 Å². The molecule has 1 aromatic heterocycles. The Kier molecular flexibility index (Phi) is 5.58. The topological polar surface area (TPSA) is 79.0 Å². The fourth-order valence-electron chi connectivity index (χ4n) is 5.14. The number of halogens is 1. The van der Waals surface area contributed by atoms with Crippen LogP contribution in [-0.4, -0.2) is 23.2 Å².